The van der Waals surface area contributed by atoms with Crippen LogP contribution in [0.1, 0.15) is 5.56 Å². The number of amides is 1. The molecule has 1 aromatic carbocycles. The van der Waals surface area contributed by atoms with Crippen molar-refractivity contribution in [1.29, 1.82) is 0 Å². The van der Waals surface area contributed by atoms with E-state index in [0.29, 0.717) is 19.5 Å². The van der Waals surface area contributed by atoms with Gasteiger partial charge < -0.3 is 20.1 Å². The average Bonchev–Trinajstić information content (AvgIpc) is 2.56. The number of halogens is 4. The molecular formula is C16H25Cl2F2N3O3. The number of hydrogen-bond acceptors (Lipinski definition) is 5. The van der Waals surface area contributed by atoms with E-state index in [4.69, 9.17) is 4.74 Å². The Balaban J connectivity index is 0.00000312. The number of ether oxygens (including phenoxy) is 2. The summed E-state index contributed by atoms with van der Waals surface area (Å²) < 4.78 is 34.0. The zero-order valence-corrected chi connectivity index (χ0v) is 16.1. The summed E-state index contributed by atoms with van der Waals surface area (Å²) in [5.74, 6) is 0.237. The predicted octanol–water partition coefficient (Wildman–Crippen LogP) is 1.70. The molecule has 1 heterocycles. The lowest BCUT2D eigenvalue weighted by Crippen LogP contribution is -2.47. The lowest BCUT2D eigenvalue weighted by Gasteiger charge is -2.26. The van der Waals surface area contributed by atoms with E-state index in [2.05, 4.69) is 20.3 Å². The minimum atomic E-state index is -2.89. The molecule has 0 aromatic heterocycles. The Kier molecular flexibility index (Phi) is 12.2. The van der Waals surface area contributed by atoms with E-state index in [1.54, 1.807) is 12.1 Å². The lowest BCUT2D eigenvalue weighted by atomic mass is 10.1. The maximum absolute atomic E-state index is 12.3. The highest BCUT2D eigenvalue weighted by Gasteiger charge is 2.14. The molecule has 0 atom stereocenters. The van der Waals surface area contributed by atoms with Gasteiger partial charge in [0, 0.05) is 32.7 Å². The molecular weight excluding hydrogens is 391 g/mol. The molecule has 0 saturated carbocycles. The van der Waals surface area contributed by atoms with Gasteiger partial charge in [0.25, 0.3) is 0 Å². The second kappa shape index (κ2) is 12.9. The number of piperazine rings is 1. The van der Waals surface area contributed by atoms with Gasteiger partial charge in [-0.1, -0.05) is 6.07 Å². The van der Waals surface area contributed by atoms with Crippen molar-refractivity contribution in [1.82, 2.24) is 15.5 Å². The zero-order chi connectivity index (χ0) is 17.4. The first-order chi connectivity index (χ1) is 11.6. The van der Waals surface area contributed by atoms with Crippen LogP contribution in [0.25, 0.3) is 0 Å². The second-order valence-corrected chi connectivity index (χ2v) is 5.49. The highest BCUT2D eigenvalue weighted by molar-refractivity contribution is 5.85. The molecule has 0 spiro atoms. The van der Waals surface area contributed by atoms with E-state index in [-0.39, 0.29) is 42.2 Å². The number of benzene rings is 1. The molecule has 0 unspecified atom stereocenters. The number of rotatable bonds is 8. The van der Waals surface area contributed by atoms with Crippen LogP contribution in [0.5, 0.6) is 11.5 Å². The summed E-state index contributed by atoms with van der Waals surface area (Å²) in [6, 6.07) is 4.77. The van der Waals surface area contributed by atoms with E-state index >= 15 is 0 Å². The average molecular weight is 416 g/mol. The number of alkyl halides is 2. The summed E-state index contributed by atoms with van der Waals surface area (Å²) >= 11 is 0. The van der Waals surface area contributed by atoms with Crippen molar-refractivity contribution in [2.24, 2.45) is 0 Å². The predicted molar refractivity (Wildman–Crippen MR) is 100 cm³/mol. The van der Waals surface area contributed by atoms with Crippen molar-refractivity contribution in [3.05, 3.63) is 23.8 Å². The van der Waals surface area contributed by atoms with Gasteiger partial charge >= 0.3 is 6.61 Å². The molecule has 6 nitrogen and oxygen atoms in total. The van der Waals surface area contributed by atoms with Gasteiger partial charge in [-0.05, 0) is 24.1 Å². The van der Waals surface area contributed by atoms with Gasteiger partial charge in [0.2, 0.25) is 5.91 Å². The van der Waals surface area contributed by atoms with Crippen LogP contribution >= 0.6 is 24.8 Å². The summed E-state index contributed by atoms with van der Waals surface area (Å²) in [4.78, 5) is 14.0. The largest absolute Gasteiger partial charge is 0.493 e. The molecule has 1 saturated heterocycles. The molecule has 2 N–H and O–H groups in total. The fraction of sp³-hybridized carbons (Fsp3) is 0.562. The summed E-state index contributed by atoms with van der Waals surface area (Å²) in [5.41, 5.74) is 0.871. The van der Waals surface area contributed by atoms with Gasteiger partial charge in [0.1, 0.15) is 0 Å². The van der Waals surface area contributed by atoms with Gasteiger partial charge in [-0.2, -0.15) is 8.78 Å². The smallest absolute Gasteiger partial charge is 0.387 e. The standard InChI is InChI=1S/C16H23F2N3O3.2ClH/c1-23-14-10-12(2-3-13(14)24-16(17)18)4-5-20-15(22)11-21-8-6-19-7-9-21;;/h2-3,10,16,19H,4-9,11H2,1H3,(H,20,22);2*1H. The minimum absolute atomic E-state index is 0. The van der Waals surface area contributed by atoms with Crippen LogP contribution in [-0.4, -0.2) is 63.8 Å². The Morgan fingerprint density at radius 2 is 1.96 bits per heavy atom. The molecule has 1 fully saturated rings. The van der Waals surface area contributed by atoms with Crippen LogP contribution in [0.15, 0.2) is 18.2 Å². The van der Waals surface area contributed by atoms with Crippen molar-refractivity contribution >= 4 is 30.7 Å². The topological polar surface area (TPSA) is 62.8 Å². The highest BCUT2D eigenvalue weighted by atomic mass is 35.5. The quantitative estimate of drug-likeness (QED) is 0.676. The molecule has 1 amide bonds. The number of nitrogens with one attached hydrogen (secondary N) is 2. The molecule has 10 heteroatoms. The Morgan fingerprint density at radius 3 is 2.58 bits per heavy atom. The number of carbonyl (C=O) groups excluding carboxylic acids is 1. The summed E-state index contributed by atoms with van der Waals surface area (Å²) in [7, 11) is 1.40. The molecule has 1 aliphatic rings. The molecule has 0 bridgehead atoms. The fourth-order valence-corrected chi connectivity index (χ4v) is 2.54. The Morgan fingerprint density at radius 1 is 1.27 bits per heavy atom. The van der Waals surface area contributed by atoms with Gasteiger partial charge in [0.15, 0.2) is 11.5 Å². The van der Waals surface area contributed by atoms with E-state index in [9.17, 15) is 13.6 Å². The Labute approximate surface area is 164 Å². The maximum Gasteiger partial charge on any atom is 0.387 e. The van der Waals surface area contributed by atoms with E-state index < -0.39 is 6.61 Å². The number of methoxy groups -OCH3 is 1. The molecule has 1 aliphatic heterocycles. The normalized spacial score (nSPS) is 14.2. The monoisotopic (exact) mass is 415 g/mol. The molecule has 2 rings (SSSR count). The summed E-state index contributed by atoms with van der Waals surface area (Å²) in [6.45, 7) is 1.52. The molecule has 150 valence electrons. The Hall–Kier alpha value is -1.35. The van der Waals surface area contributed by atoms with Crippen molar-refractivity contribution in [3.8, 4) is 11.5 Å². The van der Waals surface area contributed by atoms with Gasteiger partial charge in [-0.25, -0.2) is 0 Å². The van der Waals surface area contributed by atoms with Crippen LogP contribution in [0.4, 0.5) is 8.78 Å². The van der Waals surface area contributed by atoms with Crippen LogP contribution < -0.4 is 20.1 Å². The molecule has 0 aliphatic carbocycles. The van der Waals surface area contributed by atoms with Crippen LogP contribution in [0.2, 0.25) is 0 Å². The first kappa shape index (κ1) is 24.7. The third kappa shape index (κ3) is 8.35. The Bertz CT molecular complexity index is 547. The van der Waals surface area contributed by atoms with Crippen molar-refractivity contribution < 1.29 is 23.0 Å². The maximum atomic E-state index is 12.3. The third-order valence-electron chi connectivity index (χ3n) is 3.76. The first-order valence-corrected chi connectivity index (χ1v) is 7.90. The van der Waals surface area contributed by atoms with Crippen LogP contribution in [0, 0.1) is 0 Å². The van der Waals surface area contributed by atoms with Crippen LogP contribution in [0.3, 0.4) is 0 Å². The minimum Gasteiger partial charge on any atom is -0.493 e. The fourth-order valence-electron chi connectivity index (χ4n) is 2.54. The number of hydrogen-bond donors (Lipinski definition) is 2. The summed E-state index contributed by atoms with van der Waals surface area (Å²) in [5, 5.41) is 6.11. The first-order valence-electron chi connectivity index (χ1n) is 7.90. The van der Waals surface area contributed by atoms with E-state index in [0.717, 1.165) is 31.7 Å². The van der Waals surface area contributed by atoms with Gasteiger partial charge in [-0.15, -0.1) is 24.8 Å². The number of carbonyl (C=O) groups is 1. The lowest BCUT2D eigenvalue weighted by molar-refractivity contribution is -0.122. The SMILES string of the molecule is COc1cc(CCNC(=O)CN2CCNCC2)ccc1OC(F)F.Cl.Cl. The van der Waals surface area contributed by atoms with Crippen molar-refractivity contribution in [3.63, 3.8) is 0 Å². The van der Waals surface area contributed by atoms with Crippen molar-refractivity contribution in [2.75, 3.05) is 46.4 Å². The second-order valence-electron chi connectivity index (χ2n) is 5.49. The molecule has 26 heavy (non-hydrogen) atoms. The molecule has 1 aromatic rings. The van der Waals surface area contributed by atoms with E-state index in [1.807, 2.05) is 0 Å². The van der Waals surface area contributed by atoms with Crippen molar-refractivity contribution in [2.45, 2.75) is 13.0 Å². The molecule has 0 radical (unpaired) electrons. The number of nitrogens with zero attached hydrogens (tertiary/aromatic N) is 1. The van der Waals surface area contributed by atoms with Gasteiger partial charge in [-0.3, -0.25) is 9.69 Å². The van der Waals surface area contributed by atoms with Gasteiger partial charge in [0.05, 0.1) is 13.7 Å². The summed E-state index contributed by atoms with van der Waals surface area (Å²) in [6.07, 6.45) is 0.582. The highest BCUT2D eigenvalue weighted by Crippen LogP contribution is 2.29. The third-order valence-corrected chi connectivity index (χ3v) is 3.76. The van der Waals surface area contributed by atoms with E-state index in [1.165, 1.54) is 13.2 Å². The van der Waals surface area contributed by atoms with Crippen LogP contribution in [-0.2, 0) is 11.2 Å². The zero-order valence-electron chi connectivity index (χ0n) is 14.5.